The van der Waals surface area contributed by atoms with E-state index in [9.17, 15) is 9.59 Å². The number of nitrogens with zero attached hydrogens (tertiary/aromatic N) is 2. The number of carbonyl (C=O) groups is 2. The van der Waals surface area contributed by atoms with E-state index in [4.69, 9.17) is 19.1 Å². The summed E-state index contributed by atoms with van der Waals surface area (Å²) in [5.41, 5.74) is -1.18. The molecule has 8 heteroatoms. The van der Waals surface area contributed by atoms with Crippen molar-refractivity contribution >= 4 is 11.9 Å². The van der Waals surface area contributed by atoms with E-state index < -0.39 is 11.9 Å². The fraction of sp³-hybridized carbons (Fsp3) is 0.939. The largest absolute Gasteiger partial charge is 0.462 e. The average Bonchev–Trinajstić information content (AvgIpc) is 2.84. The molecule has 236 valence electrons. The van der Waals surface area contributed by atoms with Crippen LogP contribution in [0.5, 0.6) is 0 Å². The van der Waals surface area contributed by atoms with E-state index in [-0.39, 0.29) is 53.0 Å². The molecule has 4 aliphatic rings. The maximum atomic E-state index is 12.9. The van der Waals surface area contributed by atoms with Gasteiger partial charge in [0.2, 0.25) is 0 Å². The van der Waals surface area contributed by atoms with Crippen molar-refractivity contribution in [1.29, 1.82) is 0 Å². The first kappa shape index (κ1) is 32.7. The van der Waals surface area contributed by atoms with Crippen LogP contribution in [0.4, 0.5) is 0 Å². The lowest BCUT2D eigenvalue weighted by Crippen LogP contribution is -2.63. The van der Waals surface area contributed by atoms with Crippen LogP contribution in [-0.4, -0.2) is 68.6 Å². The number of rotatable bonds is 8. The van der Waals surface area contributed by atoms with Gasteiger partial charge in [0.05, 0.1) is 12.2 Å². The number of hydroxylamine groups is 4. The SMILES string of the molecule is CC1(C)CC(OC(=O)CC(=O)OC2CC(C)(C)N(OC3CCCCC3)C(C)(C)C2)CC(C)(C)N1OC1CCCCC1. The lowest BCUT2D eigenvalue weighted by molar-refractivity contribution is -0.318. The number of carbonyl (C=O) groups excluding carboxylic acids is 2. The van der Waals surface area contributed by atoms with Crippen molar-refractivity contribution in [2.24, 2.45) is 0 Å². The molecule has 0 aromatic rings. The second-order valence-electron chi connectivity index (χ2n) is 15.8. The fourth-order valence-electron chi connectivity index (χ4n) is 8.29. The van der Waals surface area contributed by atoms with Crippen molar-refractivity contribution in [1.82, 2.24) is 10.1 Å². The van der Waals surface area contributed by atoms with Crippen LogP contribution in [0, 0.1) is 0 Å². The fourth-order valence-corrected chi connectivity index (χ4v) is 8.29. The molecule has 0 spiro atoms. The summed E-state index contributed by atoms with van der Waals surface area (Å²) in [5.74, 6) is -1.02. The molecule has 0 aromatic carbocycles. The first-order valence-corrected chi connectivity index (χ1v) is 16.4. The summed E-state index contributed by atoms with van der Waals surface area (Å²) >= 11 is 0. The van der Waals surface area contributed by atoms with Crippen molar-refractivity contribution in [2.75, 3.05) is 0 Å². The van der Waals surface area contributed by atoms with Crippen molar-refractivity contribution in [2.45, 2.75) is 198 Å². The van der Waals surface area contributed by atoms with E-state index in [1.165, 1.54) is 38.5 Å². The minimum absolute atomic E-state index is 0.261. The standard InChI is InChI=1S/C33H58N2O6/c1-30(2)20-26(21-31(3,4)34(30)40-24-15-11-9-12-16-24)38-28(36)19-29(37)39-27-22-32(5,6)35(33(7,8)23-27)41-25-17-13-10-14-18-25/h24-27H,9-23H2,1-8H3. The molecule has 4 rings (SSSR count). The molecule has 41 heavy (non-hydrogen) atoms. The Morgan fingerprint density at radius 3 is 1.10 bits per heavy atom. The summed E-state index contributed by atoms with van der Waals surface area (Å²) < 4.78 is 11.8. The third-order valence-corrected chi connectivity index (χ3v) is 9.61. The molecule has 0 atom stereocenters. The summed E-state index contributed by atoms with van der Waals surface area (Å²) in [6.07, 6.45) is 14.1. The van der Waals surface area contributed by atoms with E-state index in [2.05, 4.69) is 65.5 Å². The van der Waals surface area contributed by atoms with Gasteiger partial charge in [-0.05, 0) is 81.1 Å². The van der Waals surface area contributed by atoms with Gasteiger partial charge in [-0.1, -0.05) is 38.5 Å². The molecular weight excluding hydrogens is 520 g/mol. The molecule has 4 fully saturated rings. The summed E-state index contributed by atoms with van der Waals surface area (Å²) in [4.78, 5) is 38.9. The van der Waals surface area contributed by atoms with Crippen molar-refractivity contribution < 1.29 is 28.7 Å². The quantitative estimate of drug-likeness (QED) is 0.224. The summed E-state index contributed by atoms with van der Waals surface area (Å²) in [6.45, 7) is 17.2. The third-order valence-electron chi connectivity index (χ3n) is 9.61. The highest BCUT2D eigenvalue weighted by Crippen LogP contribution is 2.43. The molecule has 2 heterocycles. The number of piperidine rings is 2. The highest BCUT2D eigenvalue weighted by Gasteiger charge is 2.50. The Labute approximate surface area is 249 Å². The molecule has 0 N–H and O–H groups in total. The Morgan fingerprint density at radius 2 is 0.805 bits per heavy atom. The lowest BCUT2D eigenvalue weighted by Gasteiger charge is -2.54. The minimum Gasteiger partial charge on any atom is -0.462 e. The zero-order valence-electron chi connectivity index (χ0n) is 27.3. The van der Waals surface area contributed by atoms with Gasteiger partial charge in [-0.3, -0.25) is 19.3 Å². The molecule has 8 nitrogen and oxygen atoms in total. The number of hydrogen-bond donors (Lipinski definition) is 0. The molecule has 0 unspecified atom stereocenters. The zero-order valence-corrected chi connectivity index (χ0v) is 27.3. The van der Waals surface area contributed by atoms with Crippen LogP contribution in [0.25, 0.3) is 0 Å². The van der Waals surface area contributed by atoms with Gasteiger partial charge >= 0.3 is 11.9 Å². The zero-order chi connectivity index (χ0) is 30.1. The number of esters is 2. The maximum absolute atomic E-state index is 12.9. The molecule has 0 radical (unpaired) electrons. The Kier molecular flexibility index (Phi) is 10.2. The molecule has 2 saturated heterocycles. The van der Waals surface area contributed by atoms with Crippen molar-refractivity contribution in [3.05, 3.63) is 0 Å². The highest BCUT2D eigenvalue weighted by molar-refractivity contribution is 5.91. The maximum Gasteiger partial charge on any atom is 0.317 e. The Balaban J connectivity index is 1.27. The van der Waals surface area contributed by atoms with Gasteiger partial charge in [0.1, 0.15) is 18.6 Å². The van der Waals surface area contributed by atoms with E-state index in [1.807, 2.05) is 0 Å². The second-order valence-corrected chi connectivity index (χ2v) is 15.8. The van der Waals surface area contributed by atoms with E-state index >= 15 is 0 Å². The van der Waals surface area contributed by atoms with Gasteiger partial charge < -0.3 is 9.47 Å². The van der Waals surface area contributed by atoms with Crippen LogP contribution < -0.4 is 0 Å². The lowest BCUT2D eigenvalue weighted by atomic mass is 9.80. The van der Waals surface area contributed by atoms with Crippen LogP contribution in [0.3, 0.4) is 0 Å². The normalized spacial score (nSPS) is 28.3. The predicted octanol–water partition coefficient (Wildman–Crippen LogP) is 7.03. The van der Waals surface area contributed by atoms with Gasteiger partial charge in [0.25, 0.3) is 0 Å². The van der Waals surface area contributed by atoms with Gasteiger partial charge in [-0.25, -0.2) is 0 Å². The molecular formula is C33H58N2O6. The Bertz CT molecular complexity index is 795. The summed E-state index contributed by atoms with van der Waals surface area (Å²) in [5, 5.41) is 4.31. The molecule has 0 aromatic heterocycles. The Hall–Kier alpha value is -1.22. The molecule has 2 aliphatic heterocycles. The minimum atomic E-state index is -0.509. The number of hydrogen-bond acceptors (Lipinski definition) is 8. The Morgan fingerprint density at radius 1 is 0.512 bits per heavy atom. The first-order chi connectivity index (χ1) is 19.1. The molecule has 0 bridgehead atoms. The van der Waals surface area contributed by atoms with E-state index in [0.717, 1.165) is 25.7 Å². The predicted molar refractivity (Wildman–Crippen MR) is 159 cm³/mol. The topological polar surface area (TPSA) is 77.5 Å². The summed E-state index contributed by atoms with van der Waals surface area (Å²) in [7, 11) is 0. The van der Waals surface area contributed by atoms with Crippen LogP contribution in [0.15, 0.2) is 0 Å². The molecule has 2 saturated carbocycles. The van der Waals surface area contributed by atoms with Gasteiger partial charge in [0, 0.05) is 47.8 Å². The van der Waals surface area contributed by atoms with Crippen LogP contribution in [0.2, 0.25) is 0 Å². The van der Waals surface area contributed by atoms with E-state index in [1.54, 1.807) is 0 Å². The first-order valence-electron chi connectivity index (χ1n) is 16.4. The van der Waals surface area contributed by atoms with E-state index in [0.29, 0.717) is 25.7 Å². The van der Waals surface area contributed by atoms with Gasteiger partial charge in [-0.2, -0.15) is 10.1 Å². The smallest absolute Gasteiger partial charge is 0.317 e. The second kappa shape index (κ2) is 12.8. The van der Waals surface area contributed by atoms with Crippen LogP contribution in [0.1, 0.15) is 152 Å². The van der Waals surface area contributed by atoms with Crippen LogP contribution >= 0.6 is 0 Å². The average molecular weight is 579 g/mol. The van der Waals surface area contributed by atoms with Crippen molar-refractivity contribution in [3.8, 4) is 0 Å². The molecule has 2 aliphatic carbocycles. The van der Waals surface area contributed by atoms with Gasteiger partial charge in [-0.15, -0.1) is 0 Å². The third kappa shape index (κ3) is 8.45. The highest BCUT2D eigenvalue weighted by atomic mass is 16.7. The monoisotopic (exact) mass is 578 g/mol. The van der Waals surface area contributed by atoms with Gasteiger partial charge in [0.15, 0.2) is 0 Å². The summed E-state index contributed by atoms with van der Waals surface area (Å²) in [6, 6.07) is 0. The molecule has 0 amide bonds. The van der Waals surface area contributed by atoms with Crippen molar-refractivity contribution in [3.63, 3.8) is 0 Å². The number of ether oxygens (including phenoxy) is 2. The van der Waals surface area contributed by atoms with Crippen LogP contribution in [-0.2, 0) is 28.7 Å².